The van der Waals surface area contributed by atoms with Gasteiger partial charge in [-0.1, -0.05) is 38.1 Å². The molecular formula is C15H22N2O. The maximum Gasteiger partial charge on any atom is 0.227 e. The largest absolute Gasteiger partial charge is 0.352 e. The van der Waals surface area contributed by atoms with Crippen molar-refractivity contribution >= 4 is 5.91 Å². The van der Waals surface area contributed by atoms with Crippen LogP contribution in [0.15, 0.2) is 24.3 Å². The zero-order valence-corrected chi connectivity index (χ0v) is 11.2. The van der Waals surface area contributed by atoms with E-state index in [0.29, 0.717) is 19.0 Å². The van der Waals surface area contributed by atoms with Crippen molar-refractivity contribution in [3.8, 4) is 0 Å². The molecule has 1 aliphatic carbocycles. The number of nitrogens with one attached hydrogen (secondary N) is 1. The molecule has 0 aromatic heterocycles. The molecule has 3 heteroatoms. The molecule has 3 nitrogen and oxygen atoms in total. The van der Waals surface area contributed by atoms with E-state index in [-0.39, 0.29) is 11.3 Å². The van der Waals surface area contributed by atoms with E-state index >= 15 is 0 Å². The van der Waals surface area contributed by atoms with Gasteiger partial charge in [0.2, 0.25) is 5.91 Å². The highest BCUT2D eigenvalue weighted by Crippen LogP contribution is 2.44. The molecule has 1 amide bonds. The van der Waals surface area contributed by atoms with Crippen LogP contribution in [0.4, 0.5) is 0 Å². The van der Waals surface area contributed by atoms with Crippen LogP contribution in [0.3, 0.4) is 0 Å². The SMILES string of the molecule is CC(C)c1ccc(CNC(=O)C2(CN)CC2)cc1. The quantitative estimate of drug-likeness (QED) is 0.836. The minimum atomic E-state index is -0.252. The van der Waals surface area contributed by atoms with Crippen molar-refractivity contribution in [2.24, 2.45) is 11.1 Å². The summed E-state index contributed by atoms with van der Waals surface area (Å²) in [6, 6.07) is 8.42. The highest BCUT2D eigenvalue weighted by molar-refractivity contribution is 5.85. The fraction of sp³-hybridized carbons (Fsp3) is 0.533. The lowest BCUT2D eigenvalue weighted by molar-refractivity contribution is -0.126. The van der Waals surface area contributed by atoms with Gasteiger partial charge in [-0.2, -0.15) is 0 Å². The monoisotopic (exact) mass is 246 g/mol. The van der Waals surface area contributed by atoms with Gasteiger partial charge >= 0.3 is 0 Å². The number of benzene rings is 1. The summed E-state index contributed by atoms with van der Waals surface area (Å²) in [6.45, 7) is 5.41. The van der Waals surface area contributed by atoms with Gasteiger partial charge in [0.05, 0.1) is 5.41 Å². The predicted octanol–water partition coefficient (Wildman–Crippen LogP) is 2.17. The van der Waals surface area contributed by atoms with E-state index in [0.717, 1.165) is 18.4 Å². The predicted molar refractivity (Wildman–Crippen MR) is 73.1 cm³/mol. The van der Waals surface area contributed by atoms with Crippen molar-refractivity contribution in [2.45, 2.75) is 39.2 Å². The summed E-state index contributed by atoms with van der Waals surface area (Å²) in [4.78, 5) is 11.9. The molecule has 3 N–H and O–H groups in total. The molecule has 0 bridgehead atoms. The van der Waals surface area contributed by atoms with Crippen molar-refractivity contribution < 1.29 is 4.79 Å². The first-order chi connectivity index (χ1) is 8.57. The van der Waals surface area contributed by atoms with E-state index in [9.17, 15) is 4.79 Å². The Morgan fingerprint density at radius 1 is 1.33 bits per heavy atom. The second-order valence-corrected chi connectivity index (χ2v) is 5.56. The fourth-order valence-corrected chi connectivity index (χ4v) is 2.07. The van der Waals surface area contributed by atoms with Crippen LogP contribution in [0.1, 0.15) is 43.7 Å². The van der Waals surface area contributed by atoms with E-state index in [1.165, 1.54) is 5.56 Å². The van der Waals surface area contributed by atoms with Gasteiger partial charge in [-0.3, -0.25) is 4.79 Å². The first-order valence-corrected chi connectivity index (χ1v) is 6.64. The lowest BCUT2D eigenvalue weighted by Gasteiger charge is -2.13. The second kappa shape index (κ2) is 5.11. The summed E-state index contributed by atoms with van der Waals surface area (Å²) in [7, 11) is 0. The van der Waals surface area contributed by atoms with Crippen molar-refractivity contribution in [1.82, 2.24) is 5.32 Å². The molecule has 0 aliphatic heterocycles. The van der Waals surface area contributed by atoms with E-state index in [1.807, 2.05) is 0 Å². The molecule has 1 saturated carbocycles. The van der Waals surface area contributed by atoms with Crippen molar-refractivity contribution in [3.63, 3.8) is 0 Å². The molecule has 0 saturated heterocycles. The standard InChI is InChI=1S/C15H22N2O/c1-11(2)13-5-3-12(4-6-13)9-17-14(18)15(10-16)7-8-15/h3-6,11H,7-10,16H2,1-2H3,(H,17,18). The minimum absolute atomic E-state index is 0.109. The second-order valence-electron chi connectivity index (χ2n) is 5.56. The van der Waals surface area contributed by atoms with Crippen LogP contribution in [0, 0.1) is 5.41 Å². The van der Waals surface area contributed by atoms with E-state index in [2.05, 4.69) is 43.4 Å². The first kappa shape index (κ1) is 13.1. The zero-order valence-electron chi connectivity index (χ0n) is 11.2. The molecule has 0 radical (unpaired) electrons. The number of hydrogen-bond donors (Lipinski definition) is 2. The average molecular weight is 246 g/mol. The molecule has 1 aliphatic rings. The number of nitrogens with two attached hydrogens (primary N) is 1. The maximum atomic E-state index is 11.9. The van der Waals surface area contributed by atoms with Crippen LogP contribution in [-0.2, 0) is 11.3 Å². The van der Waals surface area contributed by atoms with Crippen molar-refractivity contribution in [1.29, 1.82) is 0 Å². The van der Waals surface area contributed by atoms with E-state index in [1.54, 1.807) is 0 Å². The van der Waals surface area contributed by atoms with Crippen LogP contribution in [0.2, 0.25) is 0 Å². The third kappa shape index (κ3) is 2.72. The number of carbonyl (C=O) groups excluding carboxylic acids is 1. The lowest BCUT2D eigenvalue weighted by atomic mass is 10.0. The summed E-state index contributed by atoms with van der Waals surface area (Å²) in [5, 5.41) is 2.98. The van der Waals surface area contributed by atoms with Gasteiger partial charge in [-0.25, -0.2) is 0 Å². The van der Waals surface area contributed by atoms with Crippen molar-refractivity contribution in [2.75, 3.05) is 6.54 Å². The number of carbonyl (C=O) groups is 1. The fourth-order valence-electron chi connectivity index (χ4n) is 2.07. The summed E-state index contributed by atoms with van der Waals surface area (Å²) < 4.78 is 0. The van der Waals surface area contributed by atoms with Crippen LogP contribution in [-0.4, -0.2) is 12.5 Å². The molecule has 0 heterocycles. The van der Waals surface area contributed by atoms with Crippen LogP contribution < -0.4 is 11.1 Å². The van der Waals surface area contributed by atoms with Crippen LogP contribution >= 0.6 is 0 Å². The lowest BCUT2D eigenvalue weighted by Crippen LogP contribution is -2.36. The molecule has 98 valence electrons. The molecular weight excluding hydrogens is 224 g/mol. The average Bonchev–Trinajstić information content (AvgIpc) is 3.17. The van der Waals surface area contributed by atoms with Gasteiger partial charge in [0.1, 0.15) is 0 Å². The summed E-state index contributed by atoms with van der Waals surface area (Å²) in [5.41, 5.74) is 7.84. The Kier molecular flexibility index (Phi) is 3.71. The Hall–Kier alpha value is -1.35. The van der Waals surface area contributed by atoms with Gasteiger partial charge in [0, 0.05) is 13.1 Å². The zero-order chi connectivity index (χ0) is 13.2. The van der Waals surface area contributed by atoms with Gasteiger partial charge in [0.25, 0.3) is 0 Å². The van der Waals surface area contributed by atoms with Gasteiger partial charge in [0.15, 0.2) is 0 Å². The Balaban J connectivity index is 1.89. The Labute approximate surface area is 109 Å². The van der Waals surface area contributed by atoms with Gasteiger partial charge < -0.3 is 11.1 Å². The summed E-state index contributed by atoms with van der Waals surface area (Å²) in [6.07, 6.45) is 1.86. The summed E-state index contributed by atoms with van der Waals surface area (Å²) in [5.74, 6) is 0.651. The molecule has 18 heavy (non-hydrogen) atoms. The third-order valence-corrected chi connectivity index (χ3v) is 3.83. The first-order valence-electron chi connectivity index (χ1n) is 6.64. The number of rotatable bonds is 5. The molecule has 2 rings (SSSR count). The highest BCUT2D eigenvalue weighted by atomic mass is 16.2. The molecule has 1 aromatic carbocycles. The third-order valence-electron chi connectivity index (χ3n) is 3.83. The van der Waals surface area contributed by atoms with Crippen LogP contribution in [0.5, 0.6) is 0 Å². The maximum absolute atomic E-state index is 11.9. The minimum Gasteiger partial charge on any atom is -0.352 e. The van der Waals surface area contributed by atoms with Crippen LogP contribution in [0.25, 0.3) is 0 Å². The molecule has 0 unspecified atom stereocenters. The Bertz CT molecular complexity index is 419. The molecule has 1 fully saturated rings. The Morgan fingerprint density at radius 2 is 1.94 bits per heavy atom. The normalized spacial score (nSPS) is 16.7. The van der Waals surface area contributed by atoms with Gasteiger partial charge in [-0.15, -0.1) is 0 Å². The van der Waals surface area contributed by atoms with E-state index < -0.39 is 0 Å². The Morgan fingerprint density at radius 3 is 2.39 bits per heavy atom. The van der Waals surface area contributed by atoms with Crippen molar-refractivity contribution in [3.05, 3.63) is 35.4 Å². The molecule has 1 aromatic rings. The summed E-state index contributed by atoms with van der Waals surface area (Å²) >= 11 is 0. The highest BCUT2D eigenvalue weighted by Gasteiger charge is 2.48. The number of hydrogen-bond acceptors (Lipinski definition) is 2. The molecule has 0 spiro atoms. The van der Waals surface area contributed by atoms with Gasteiger partial charge in [-0.05, 0) is 29.9 Å². The smallest absolute Gasteiger partial charge is 0.227 e. The van der Waals surface area contributed by atoms with E-state index in [4.69, 9.17) is 5.73 Å². The molecule has 0 atom stereocenters. The topological polar surface area (TPSA) is 55.1 Å². The number of amides is 1.